The Balaban J connectivity index is 1.93. The average molecular weight is 350 g/mol. The minimum atomic E-state index is -0.612. The van der Waals surface area contributed by atoms with Crippen molar-refractivity contribution in [3.8, 4) is 5.69 Å². The highest BCUT2D eigenvalue weighted by Crippen LogP contribution is 2.25. The van der Waals surface area contributed by atoms with Crippen LogP contribution in [-0.4, -0.2) is 40.4 Å². The van der Waals surface area contributed by atoms with Crippen LogP contribution in [-0.2, 0) is 11.2 Å². The molecule has 0 unspecified atom stereocenters. The molecule has 1 aliphatic rings. The van der Waals surface area contributed by atoms with E-state index < -0.39 is 5.91 Å². The number of hydrogen-bond acceptors (Lipinski definition) is 5. The van der Waals surface area contributed by atoms with Gasteiger partial charge in [-0.2, -0.15) is 5.10 Å². The predicted molar refractivity (Wildman–Crippen MR) is 90.4 cm³/mol. The Morgan fingerprint density at radius 1 is 1.54 bits per heavy atom. The molecule has 0 aliphatic carbocycles. The highest BCUT2D eigenvalue weighted by atomic mass is 35.5. The van der Waals surface area contributed by atoms with E-state index in [1.54, 1.807) is 6.20 Å². The van der Waals surface area contributed by atoms with E-state index in [0.29, 0.717) is 29.4 Å². The van der Waals surface area contributed by atoms with Crippen LogP contribution in [0.1, 0.15) is 41.3 Å². The summed E-state index contributed by atoms with van der Waals surface area (Å²) in [4.78, 5) is 16.2. The summed E-state index contributed by atoms with van der Waals surface area (Å²) >= 11 is 6.27. The van der Waals surface area contributed by atoms with Crippen LogP contribution in [0.5, 0.6) is 0 Å². The monoisotopic (exact) mass is 349 g/mol. The molecule has 128 valence electrons. The molecule has 24 heavy (non-hydrogen) atoms. The molecule has 0 aromatic carbocycles. The Morgan fingerprint density at radius 3 is 2.96 bits per heavy atom. The van der Waals surface area contributed by atoms with E-state index in [1.807, 2.05) is 19.1 Å². The molecule has 1 saturated heterocycles. The molecular weight excluding hydrogens is 330 g/mol. The molecule has 1 atom stereocenters. The van der Waals surface area contributed by atoms with Crippen LogP contribution in [0, 0.1) is 0 Å². The number of morpholine rings is 1. The van der Waals surface area contributed by atoms with Gasteiger partial charge in [0, 0.05) is 13.1 Å². The van der Waals surface area contributed by atoms with Gasteiger partial charge in [0.25, 0.3) is 5.91 Å². The van der Waals surface area contributed by atoms with Crippen molar-refractivity contribution < 1.29 is 9.53 Å². The number of nitrogens with two attached hydrogens (primary N) is 1. The molecule has 0 saturated carbocycles. The quantitative estimate of drug-likeness (QED) is 0.855. The smallest absolute Gasteiger partial charge is 0.269 e. The van der Waals surface area contributed by atoms with E-state index in [1.165, 1.54) is 4.68 Å². The van der Waals surface area contributed by atoms with Crippen molar-refractivity contribution in [1.82, 2.24) is 20.1 Å². The van der Waals surface area contributed by atoms with Crippen molar-refractivity contribution in [3.05, 3.63) is 40.4 Å². The number of halogens is 1. The van der Waals surface area contributed by atoms with Gasteiger partial charge < -0.3 is 15.8 Å². The minimum absolute atomic E-state index is 0.0692. The summed E-state index contributed by atoms with van der Waals surface area (Å²) in [7, 11) is 0. The average Bonchev–Trinajstić information content (AvgIpc) is 2.93. The highest BCUT2D eigenvalue weighted by Gasteiger charge is 2.22. The minimum Gasteiger partial charge on any atom is -0.369 e. The van der Waals surface area contributed by atoms with Gasteiger partial charge in [0.2, 0.25) is 0 Å². The van der Waals surface area contributed by atoms with Crippen LogP contribution in [0.15, 0.2) is 18.3 Å². The second kappa shape index (κ2) is 7.29. The molecule has 3 N–H and O–H groups in total. The van der Waals surface area contributed by atoms with Crippen LogP contribution in [0.4, 0.5) is 0 Å². The molecule has 3 heterocycles. The number of hydrogen-bond donors (Lipinski definition) is 2. The maximum absolute atomic E-state index is 11.8. The van der Waals surface area contributed by atoms with Gasteiger partial charge in [-0.05, 0) is 18.6 Å². The van der Waals surface area contributed by atoms with Crippen LogP contribution in [0.3, 0.4) is 0 Å². The summed E-state index contributed by atoms with van der Waals surface area (Å²) in [5, 5.41) is 8.01. The van der Waals surface area contributed by atoms with Gasteiger partial charge in [0.1, 0.15) is 6.10 Å². The lowest BCUT2D eigenvalue weighted by Gasteiger charge is -2.23. The molecule has 3 rings (SSSR count). The fourth-order valence-electron chi connectivity index (χ4n) is 2.71. The molecule has 2 aromatic heterocycles. The molecule has 1 fully saturated rings. The third-order valence-corrected chi connectivity index (χ3v) is 4.28. The van der Waals surface area contributed by atoms with E-state index in [0.717, 1.165) is 25.2 Å². The van der Waals surface area contributed by atoms with Crippen molar-refractivity contribution in [2.24, 2.45) is 5.73 Å². The fraction of sp³-hybridized carbons (Fsp3) is 0.438. The van der Waals surface area contributed by atoms with Crippen LogP contribution < -0.4 is 11.1 Å². The van der Waals surface area contributed by atoms with Crippen molar-refractivity contribution >= 4 is 17.5 Å². The lowest BCUT2D eigenvalue weighted by Crippen LogP contribution is -2.33. The van der Waals surface area contributed by atoms with E-state index in [2.05, 4.69) is 15.4 Å². The van der Waals surface area contributed by atoms with Gasteiger partial charge >= 0.3 is 0 Å². The number of ether oxygens (including phenoxy) is 1. The molecule has 8 heteroatoms. The van der Waals surface area contributed by atoms with Crippen molar-refractivity contribution in [3.63, 3.8) is 0 Å². The number of aryl methyl sites for hydroxylation is 1. The molecular formula is C16H20ClN5O2. The van der Waals surface area contributed by atoms with Crippen molar-refractivity contribution in [2.45, 2.75) is 25.9 Å². The first-order valence-corrected chi connectivity index (χ1v) is 8.35. The van der Waals surface area contributed by atoms with Crippen LogP contribution >= 0.6 is 11.6 Å². The van der Waals surface area contributed by atoms with Gasteiger partial charge in [-0.25, -0.2) is 4.68 Å². The highest BCUT2D eigenvalue weighted by molar-refractivity contribution is 6.34. The first-order chi connectivity index (χ1) is 11.6. The first kappa shape index (κ1) is 16.9. The molecule has 7 nitrogen and oxygen atoms in total. The number of nitrogens with zero attached hydrogens (tertiary/aromatic N) is 3. The number of nitrogens with one attached hydrogen (secondary N) is 1. The summed E-state index contributed by atoms with van der Waals surface area (Å²) in [5.41, 5.74) is 7.80. The number of primary amides is 1. The zero-order valence-corrected chi connectivity index (χ0v) is 14.2. The Bertz CT molecular complexity index is 723. The molecule has 2 aromatic rings. The SMILES string of the molecule is CCCc1nn(-c2ccc([C@H]3CNCCO3)nc2)c(C(N)=O)c1Cl. The summed E-state index contributed by atoms with van der Waals surface area (Å²) in [6.45, 7) is 4.26. The zero-order valence-electron chi connectivity index (χ0n) is 13.5. The Morgan fingerprint density at radius 2 is 2.38 bits per heavy atom. The normalized spacial score (nSPS) is 17.8. The maximum atomic E-state index is 11.8. The number of pyridine rings is 1. The third kappa shape index (κ3) is 3.28. The Labute approximate surface area is 145 Å². The molecule has 1 amide bonds. The number of aromatic nitrogens is 3. The fourth-order valence-corrected chi connectivity index (χ4v) is 3.01. The lowest BCUT2D eigenvalue weighted by atomic mass is 10.2. The Hall–Kier alpha value is -1.96. The topological polar surface area (TPSA) is 95.1 Å². The van der Waals surface area contributed by atoms with E-state index in [-0.39, 0.29) is 11.8 Å². The largest absolute Gasteiger partial charge is 0.369 e. The molecule has 0 spiro atoms. The molecule has 0 radical (unpaired) electrons. The third-order valence-electron chi connectivity index (χ3n) is 3.89. The van der Waals surface area contributed by atoms with Gasteiger partial charge in [-0.1, -0.05) is 24.9 Å². The zero-order chi connectivity index (χ0) is 17.1. The van der Waals surface area contributed by atoms with Crippen LogP contribution in [0.2, 0.25) is 5.02 Å². The predicted octanol–water partition coefficient (Wildman–Crippen LogP) is 1.63. The van der Waals surface area contributed by atoms with E-state index in [4.69, 9.17) is 22.1 Å². The maximum Gasteiger partial charge on any atom is 0.269 e. The number of carbonyl (C=O) groups is 1. The van der Waals surface area contributed by atoms with E-state index >= 15 is 0 Å². The van der Waals surface area contributed by atoms with Crippen molar-refractivity contribution in [2.75, 3.05) is 19.7 Å². The molecule has 0 bridgehead atoms. The number of carbonyl (C=O) groups excluding carboxylic acids is 1. The van der Waals surface area contributed by atoms with Gasteiger partial charge in [-0.15, -0.1) is 0 Å². The summed E-state index contributed by atoms with van der Waals surface area (Å²) in [6.07, 6.45) is 3.14. The summed E-state index contributed by atoms with van der Waals surface area (Å²) in [5.74, 6) is -0.612. The van der Waals surface area contributed by atoms with E-state index in [9.17, 15) is 4.79 Å². The standard InChI is InChI=1S/C16H20ClN5O2/c1-2-3-12-14(17)15(16(18)23)22(21-12)10-4-5-11(20-8-10)13-9-19-6-7-24-13/h4-5,8,13,19H,2-3,6-7,9H2,1H3,(H2,18,23)/t13-/m1/s1. The Kier molecular flexibility index (Phi) is 5.13. The second-order valence-electron chi connectivity index (χ2n) is 5.64. The first-order valence-electron chi connectivity index (χ1n) is 7.97. The van der Waals surface area contributed by atoms with Gasteiger partial charge in [0.05, 0.1) is 34.9 Å². The molecule has 1 aliphatic heterocycles. The number of amides is 1. The summed E-state index contributed by atoms with van der Waals surface area (Å²) in [6, 6.07) is 3.71. The lowest BCUT2D eigenvalue weighted by molar-refractivity contribution is 0.0250. The number of rotatable bonds is 5. The summed E-state index contributed by atoms with van der Waals surface area (Å²) < 4.78 is 7.15. The van der Waals surface area contributed by atoms with Crippen molar-refractivity contribution in [1.29, 1.82) is 0 Å². The second-order valence-corrected chi connectivity index (χ2v) is 6.02. The van der Waals surface area contributed by atoms with Gasteiger partial charge in [0.15, 0.2) is 5.69 Å². The van der Waals surface area contributed by atoms with Gasteiger partial charge in [-0.3, -0.25) is 9.78 Å². The van der Waals surface area contributed by atoms with Crippen LogP contribution in [0.25, 0.3) is 5.69 Å².